The minimum Gasteiger partial charge on any atom is -0.237 e. The van der Waals surface area contributed by atoms with Gasteiger partial charge in [-0.2, -0.15) is 0 Å². The SMILES string of the molecule is CCCCCCCCCCn1cc[n+](CCCCCCCCCC)c1. The Morgan fingerprint density at radius 1 is 0.600 bits per heavy atom. The number of hydrogen-bond donors (Lipinski definition) is 0. The molecule has 0 spiro atoms. The van der Waals surface area contributed by atoms with Crippen LogP contribution in [-0.2, 0) is 13.1 Å². The molecule has 0 aromatic carbocycles. The molecule has 146 valence electrons. The lowest BCUT2D eigenvalue weighted by Crippen LogP contribution is -2.30. The molecule has 2 heteroatoms. The van der Waals surface area contributed by atoms with Crippen molar-refractivity contribution in [3.63, 3.8) is 0 Å². The number of unbranched alkanes of at least 4 members (excludes halogenated alkanes) is 14. The molecule has 0 aliphatic rings. The molecular formula is C23H45N2+. The number of hydrogen-bond acceptors (Lipinski definition) is 0. The van der Waals surface area contributed by atoms with E-state index in [9.17, 15) is 0 Å². The highest BCUT2D eigenvalue weighted by molar-refractivity contribution is 4.66. The third-order valence-corrected chi connectivity index (χ3v) is 5.29. The molecule has 0 amide bonds. The van der Waals surface area contributed by atoms with Crippen LogP contribution in [0.25, 0.3) is 0 Å². The number of nitrogens with zero attached hydrogens (tertiary/aromatic N) is 2. The van der Waals surface area contributed by atoms with Crippen LogP contribution in [0, 0.1) is 0 Å². The lowest BCUT2D eigenvalue weighted by molar-refractivity contribution is -0.696. The van der Waals surface area contributed by atoms with E-state index >= 15 is 0 Å². The van der Waals surface area contributed by atoms with Crippen molar-refractivity contribution in [2.45, 2.75) is 130 Å². The fourth-order valence-corrected chi connectivity index (χ4v) is 3.56. The van der Waals surface area contributed by atoms with Crippen molar-refractivity contribution in [1.29, 1.82) is 0 Å². The summed E-state index contributed by atoms with van der Waals surface area (Å²) in [7, 11) is 0. The number of imidazole rings is 1. The summed E-state index contributed by atoms with van der Waals surface area (Å²) in [6.07, 6.45) is 29.3. The van der Waals surface area contributed by atoms with Gasteiger partial charge in [0.1, 0.15) is 12.4 Å². The maximum Gasteiger partial charge on any atom is 0.243 e. The second-order valence-corrected chi connectivity index (χ2v) is 7.84. The Balaban J connectivity index is 1.93. The van der Waals surface area contributed by atoms with Crippen LogP contribution in [0.4, 0.5) is 0 Å². The standard InChI is InChI=1S/C23H45N2/c1-3-5-7-9-11-13-15-17-19-24-21-22-25(23-24)20-18-16-14-12-10-8-6-4-2/h21-23H,3-20H2,1-2H3/q+1. The molecule has 1 aromatic rings. The van der Waals surface area contributed by atoms with Gasteiger partial charge in [-0.1, -0.05) is 90.9 Å². The normalized spacial score (nSPS) is 11.3. The first-order chi connectivity index (χ1) is 12.4. The monoisotopic (exact) mass is 349 g/mol. The van der Waals surface area contributed by atoms with Gasteiger partial charge in [0, 0.05) is 0 Å². The molecule has 1 rings (SSSR count). The summed E-state index contributed by atoms with van der Waals surface area (Å²) in [5.41, 5.74) is 0. The van der Waals surface area contributed by atoms with Gasteiger partial charge in [-0.25, -0.2) is 9.13 Å². The maximum absolute atomic E-state index is 2.38. The van der Waals surface area contributed by atoms with Gasteiger partial charge in [-0.3, -0.25) is 0 Å². The summed E-state index contributed by atoms with van der Waals surface area (Å²) in [6.45, 7) is 6.97. The van der Waals surface area contributed by atoms with E-state index in [1.807, 2.05) is 0 Å². The van der Waals surface area contributed by atoms with Gasteiger partial charge in [0.15, 0.2) is 0 Å². The van der Waals surface area contributed by atoms with Crippen LogP contribution in [0.15, 0.2) is 18.7 Å². The molecule has 0 radical (unpaired) electrons. The van der Waals surface area contributed by atoms with E-state index in [1.165, 1.54) is 116 Å². The predicted octanol–water partition coefficient (Wildman–Crippen LogP) is 7.06. The van der Waals surface area contributed by atoms with Gasteiger partial charge >= 0.3 is 0 Å². The average Bonchev–Trinajstić information content (AvgIpc) is 3.07. The van der Waals surface area contributed by atoms with Gasteiger partial charge in [0.25, 0.3) is 0 Å². The van der Waals surface area contributed by atoms with E-state index in [1.54, 1.807) is 0 Å². The fourth-order valence-electron chi connectivity index (χ4n) is 3.56. The Morgan fingerprint density at radius 2 is 1.08 bits per heavy atom. The van der Waals surface area contributed by atoms with Crippen molar-refractivity contribution in [2.75, 3.05) is 0 Å². The molecule has 0 bridgehead atoms. The fraction of sp³-hybridized carbons (Fsp3) is 0.870. The number of aromatic nitrogens is 2. The molecule has 0 N–H and O–H groups in total. The molecule has 0 atom stereocenters. The van der Waals surface area contributed by atoms with Gasteiger partial charge in [0.2, 0.25) is 6.33 Å². The molecule has 2 nitrogen and oxygen atoms in total. The predicted molar refractivity (Wildman–Crippen MR) is 110 cm³/mol. The first kappa shape index (κ1) is 22.3. The summed E-state index contributed by atoms with van der Waals surface area (Å²) in [4.78, 5) is 0. The summed E-state index contributed by atoms with van der Waals surface area (Å²) in [5, 5.41) is 0. The highest BCUT2D eigenvalue weighted by Gasteiger charge is 2.03. The van der Waals surface area contributed by atoms with Crippen LogP contribution in [0.1, 0.15) is 117 Å². The zero-order chi connectivity index (χ0) is 18.0. The second kappa shape index (κ2) is 16.7. The largest absolute Gasteiger partial charge is 0.243 e. The lowest BCUT2D eigenvalue weighted by atomic mass is 10.1. The summed E-state index contributed by atoms with van der Waals surface area (Å²) in [5.74, 6) is 0. The molecule has 1 heterocycles. The van der Waals surface area contributed by atoms with E-state index in [4.69, 9.17) is 0 Å². The topological polar surface area (TPSA) is 8.81 Å². The van der Waals surface area contributed by atoms with E-state index in [2.05, 4.69) is 41.7 Å². The van der Waals surface area contributed by atoms with E-state index in [0.29, 0.717) is 0 Å². The van der Waals surface area contributed by atoms with Crippen LogP contribution in [-0.4, -0.2) is 4.57 Å². The summed E-state index contributed by atoms with van der Waals surface area (Å²) < 4.78 is 4.75. The third-order valence-electron chi connectivity index (χ3n) is 5.29. The Labute approximate surface area is 158 Å². The van der Waals surface area contributed by atoms with Crippen molar-refractivity contribution < 1.29 is 4.57 Å². The first-order valence-corrected chi connectivity index (χ1v) is 11.4. The molecule has 0 unspecified atom stereocenters. The molecule has 0 aliphatic carbocycles. The zero-order valence-electron chi connectivity index (χ0n) is 17.4. The minimum atomic E-state index is 1.19. The third kappa shape index (κ3) is 13.1. The van der Waals surface area contributed by atoms with Gasteiger partial charge in [-0.05, 0) is 25.7 Å². The van der Waals surface area contributed by atoms with Crippen LogP contribution in [0.3, 0.4) is 0 Å². The Bertz CT molecular complexity index is 349. The second-order valence-electron chi connectivity index (χ2n) is 7.84. The summed E-state index contributed by atoms with van der Waals surface area (Å²) >= 11 is 0. The first-order valence-electron chi connectivity index (χ1n) is 11.4. The van der Waals surface area contributed by atoms with Crippen LogP contribution in [0.2, 0.25) is 0 Å². The molecule has 1 aromatic heterocycles. The Kier molecular flexibility index (Phi) is 14.8. The molecule has 0 fully saturated rings. The van der Waals surface area contributed by atoms with Crippen molar-refractivity contribution in [2.24, 2.45) is 0 Å². The number of rotatable bonds is 18. The van der Waals surface area contributed by atoms with Crippen molar-refractivity contribution in [3.05, 3.63) is 18.7 Å². The molecule has 0 aliphatic heterocycles. The van der Waals surface area contributed by atoms with Gasteiger partial charge < -0.3 is 0 Å². The average molecular weight is 350 g/mol. The lowest BCUT2D eigenvalue weighted by Gasteiger charge is -2.01. The summed E-state index contributed by atoms with van der Waals surface area (Å²) in [6, 6.07) is 0. The van der Waals surface area contributed by atoms with E-state index < -0.39 is 0 Å². The van der Waals surface area contributed by atoms with E-state index in [-0.39, 0.29) is 0 Å². The molecule has 0 saturated carbocycles. The quantitative estimate of drug-likeness (QED) is 0.198. The van der Waals surface area contributed by atoms with Crippen LogP contribution >= 0.6 is 0 Å². The number of aryl methyl sites for hydroxylation is 2. The zero-order valence-corrected chi connectivity index (χ0v) is 17.4. The highest BCUT2D eigenvalue weighted by Crippen LogP contribution is 2.09. The van der Waals surface area contributed by atoms with Crippen LogP contribution < -0.4 is 4.57 Å². The minimum absolute atomic E-state index is 1.19. The van der Waals surface area contributed by atoms with Crippen LogP contribution in [0.5, 0.6) is 0 Å². The van der Waals surface area contributed by atoms with Gasteiger partial charge in [-0.15, -0.1) is 0 Å². The van der Waals surface area contributed by atoms with Crippen molar-refractivity contribution in [1.82, 2.24) is 4.57 Å². The van der Waals surface area contributed by atoms with Crippen molar-refractivity contribution >= 4 is 0 Å². The van der Waals surface area contributed by atoms with Gasteiger partial charge in [0.05, 0.1) is 13.1 Å². The Hall–Kier alpha value is -0.790. The Morgan fingerprint density at radius 3 is 1.64 bits per heavy atom. The van der Waals surface area contributed by atoms with Crippen molar-refractivity contribution in [3.8, 4) is 0 Å². The smallest absolute Gasteiger partial charge is 0.237 e. The van der Waals surface area contributed by atoms with E-state index in [0.717, 1.165) is 0 Å². The molecular weight excluding hydrogens is 304 g/mol. The molecule has 0 saturated heterocycles. The maximum atomic E-state index is 2.38. The molecule has 25 heavy (non-hydrogen) atoms. The highest BCUT2D eigenvalue weighted by atomic mass is 15.1.